The largest absolute Gasteiger partial charge is 0.356 e. The van der Waals surface area contributed by atoms with Gasteiger partial charge >= 0.3 is 0 Å². The van der Waals surface area contributed by atoms with Crippen LogP contribution in [0, 0.1) is 6.92 Å². The van der Waals surface area contributed by atoms with E-state index in [4.69, 9.17) is 0 Å². The van der Waals surface area contributed by atoms with E-state index in [0.29, 0.717) is 11.5 Å². The van der Waals surface area contributed by atoms with Crippen molar-refractivity contribution in [1.82, 2.24) is 9.97 Å². The molecule has 0 spiro atoms. The first kappa shape index (κ1) is 20.1. The van der Waals surface area contributed by atoms with Gasteiger partial charge in [-0.05, 0) is 72.1 Å². The van der Waals surface area contributed by atoms with Crippen LogP contribution in [0.15, 0.2) is 50.5 Å². The molecule has 3 heterocycles. The number of aromatic nitrogens is 2. The van der Waals surface area contributed by atoms with E-state index in [1.165, 1.54) is 24.2 Å². The number of aryl methyl sites for hydroxylation is 1. The first-order chi connectivity index (χ1) is 13.9. The molecule has 2 N–H and O–H groups in total. The number of nitrogens with zero attached hydrogens (tertiary/aromatic N) is 3. The van der Waals surface area contributed by atoms with Gasteiger partial charge in [0.2, 0.25) is 0 Å². The molecule has 10 heteroatoms. The van der Waals surface area contributed by atoms with Crippen LogP contribution in [0.1, 0.15) is 18.7 Å². The fraction of sp³-hybridized carbons (Fsp3) is 0.263. The quantitative estimate of drug-likeness (QED) is 0.514. The number of hydrogen-bond donors (Lipinski definition) is 2. The van der Waals surface area contributed by atoms with Crippen LogP contribution in [0.4, 0.5) is 23.0 Å². The van der Waals surface area contributed by atoms with Crippen molar-refractivity contribution in [1.29, 1.82) is 0 Å². The van der Waals surface area contributed by atoms with Crippen molar-refractivity contribution in [3.63, 3.8) is 0 Å². The van der Waals surface area contributed by atoms with Crippen LogP contribution in [-0.2, 0) is 10.0 Å². The molecule has 152 valence electrons. The van der Waals surface area contributed by atoms with E-state index in [9.17, 15) is 8.42 Å². The zero-order valence-electron chi connectivity index (χ0n) is 15.7. The lowest BCUT2D eigenvalue weighted by molar-refractivity contribution is 0.603. The molecule has 3 aromatic rings. The summed E-state index contributed by atoms with van der Waals surface area (Å²) in [6.07, 6.45) is 2.37. The van der Waals surface area contributed by atoms with Gasteiger partial charge < -0.3 is 10.2 Å². The average Bonchev–Trinajstić information content (AvgIpc) is 3.35. The molecule has 0 aliphatic carbocycles. The van der Waals surface area contributed by atoms with Crippen LogP contribution in [0.3, 0.4) is 0 Å². The molecule has 0 saturated carbocycles. The van der Waals surface area contributed by atoms with E-state index in [2.05, 4.69) is 40.8 Å². The van der Waals surface area contributed by atoms with Crippen molar-refractivity contribution in [3.05, 3.63) is 52.1 Å². The highest BCUT2D eigenvalue weighted by Gasteiger charge is 2.17. The number of hydrogen-bond acceptors (Lipinski definition) is 7. The van der Waals surface area contributed by atoms with Gasteiger partial charge in [-0.3, -0.25) is 4.72 Å². The second kappa shape index (κ2) is 8.29. The number of nitrogens with one attached hydrogen (secondary N) is 2. The van der Waals surface area contributed by atoms with Crippen LogP contribution in [0.2, 0.25) is 0 Å². The third-order valence-electron chi connectivity index (χ3n) is 4.48. The first-order valence-corrected chi connectivity index (χ1v) is 12.2. The number of anilines is 4. The maximum Gasteiger partial charge on any atom is 0.271 e. The van der Waals surface area contributed by atoms with Gasteiger partial charge in [0, 0.05) is 30.5 Å². The monoisotopic (exact) mass is 493 g/mol. The summed E-state index contributed by atoms with van der Waals surface area (Å²) >= 11 is 4.45. The molecule has 1 aliphatic rings. The molecule has 1 saturated heterocycles. The van der Waals surface area contributed by atoms with Crippen molar-refractivity contribution in [3.8, 4) is 0 Å². The van der Waals surface area contributed by atoms with Crippen LogP contribution in [0.5, 0.6) is 0 Å². The standard InChI is InChI=1S/C19H20BrN5O2S2/c1-13-21-17(12-18(22-13)25-10-2-3-11-25)23-14-4-6-15(7-5-14)24-29(26,27)19-9-8-16(20)28-19/h4-9,12,24H,2-3,10-11H2,1H3,(H,21,22,23). The Morgan fingerprint density at radius 2 is 1.72 bits per heavy atom. The van der Waals surface area contributed by atoms with Crippen molar-refractivity contribution < 1.29 is 8.42 Å². The molecule has 0 radical (unpaired) electrons. The summed E-state index contributed by atoms with van der Waals surface area (Å²) in [6.45, 7) is 3.92. The molecular formula is C19H20BrN5O2S2. The lowest BCUT2D eigenvalue weighted by Crippen LogP contribution is -2.19. The molecule has 0 amide bonds. The number of sulfonamides is 1. The fourth-order valence-corrected chi connectivity index (χ4v) is 6.21. The Kier molecular flexibility index (Phi) is 5.75. The molecule has 4 rings (SSSR count). The van der Waals surface area contributed by atoms with E-state index in [-0.39, 0.29) is 4.21 Å². The van der Waals surface area contributed by atoms with Crippen molar-refractivity contribution in [2.75, 3.05) is 28.0 Å². The predicted molar refractivity (Wildman–Crippen MR) is 121 cm³/mol. The van der Waals surface area contributed by atoms with Crippen LogP contribution in [-0.4, -0.2) is 31.5 Å². The molecule has 2 aromatic heterocycles. The van der Waals surface area contributed by atoms with E-state index in [0.717, 1.165) is 34.2 Å². The fourth-order valence-electron chi connectivity index (χ4n) is 3.14. The lowest BCUT2D eigenvalue weighted by Gasteiger charge is -2.18. The third-order valence-corrected chi connectivity index (χ3v) is 7.97. The van der Waals surface area contributed by atoms with Gasteiger partial charge in [-0.15, -0.1) is 11.3 Å². The minimum atomic E-state index is -3.59. The van der Waals surface area contributed by atoms with Crippen LogP contribution < -0.4 is 14.9 Å². The Balaban J connectivity index is 1.47. The van der Waals surface area contributed by atoms with Gasteiger partial charge in [-0.1, -0.05) is 0 Å². The summed E-state index contributed by atoms with van der Waals surface area (Å²) in [5, 5.41) is 3.27. The van der Waals surface area contributed by atoms with Gasteiger partial charge in [-0.2, -0.15) is 0 Å². The molecule has 7 nitrogen and oxygen atoms in total. The highest BCUT2D eigenvalue weighted by atomic mass is 79.9. The van der Waals surface area contributed by atoms with Gasteiger partial charge in [0.25, 0.3) is 10.0 Å². The normalized spacial score (nSPS) is 14.2. The molecule has 0 bridgehead atoms. The third kappa shape index (κ3) is 4.88. The number of rotatable bonds is 6. The first-order valence-electron chi connectivity index (χ1n) is 9.15. The van der Waals surface area contributed by atoms with Gasteiger partial charge in [0.1, 0.15) is 21.7 Å². The van der Waals surface area contributed by atoms with Gasteiger partial charge in [0.15, 0.2) is 0 Å². The minimum Gasteiger partial charge on any atom is -0.356 e. The Morgan fingerprint density at radius 1 is 1.03 bits per heavy atom. The van der Waals surface area contributed by atoms with Crippen LogP contribution >= 0.6 is 27.3 Å². The van der Waals surface area contributed by atoms with E-state index in [1.54, 1.807) is 24.3 Å². The average molecular weight is 494 g/mol. The summed E-state index contributed by atoms with van der Waals surface area (Å²) < 4.78 is 28.5. The topological polar surface area (TPSA) is 87.2 Å². The summed E-state index contributed by atoms with van der Waals surface area (Å²) in [6, 6.07) is 12.3. The smallest absolute Gasteiger partial charge is 0.271 e. The lowest BCUT2D eigenvalue weighted by atomic mass is 10.3. The summed E-state index contributed by atoms with van der Waals surface area (Å²) in [5.74, 6) is 2.36. The molecule has 29 heavy (non-hydrogen) atoms. The van der Waals surface area contributed by atoms with Gasteiger partial charge in [0.05, 0.1) is 3.79 Å². The Hall–Kier alpha value is -2.17. The van der Waals surface area contributed by atoms with Crippen molar-refractivity contribution in [2.45, 2.75) is 24.0 Å². The Morgan fingerprint density at radius 3 is 2.38 bits per heavy atom. The highest BCUT2D eigenvalue weighted by molar-refractivity contribution is 9.11. The number of thiophene rings is 1. The minimum absolute atomic E-state index is 0.262. The SMILES string of the molecule is Cc1nc(Nc2ccc(NS(=O)(=O)c3ccc(Br)s3)cc2)cc(N2CCCC2)n1. The molecule has 1 fully saturated rings. The van der Waals surface area contributed by atoms with Crippen LogP contribution in [0.25, 0.3) is 0 Å². The summed E-state index contributed by atoms with van der Waals surface area (Å²) in [5.41, 5.74) is 1.31. The molecular weight excluding hydrogens is 474 g/mol. The zero-order valence-corrected chi connectivity index (χ0v) is 18.9. The van der Waals surface area contributed by atoms with E-state index >= 15 is 0 Å². The maximum atomic E-state index is 12.4. The summed E-state index contributed by atoms with van der Waals surface area (Å²) in [4.78, 5) is 11.3. The maximum absolute atomic E-state index is 12.4. The zero-order chi connectivity index (χ0) is 20.4. The molecule has 0 unspecified atom stereocenters. The second-order valence-corrected chi connectivity index (χ2v) is 11.1. The van der Waals surface area contributed by atoms with E-state index in [1.807, 2.05) is 25.1 Å². The Labute approximate surface area is 182 Å². The van der Waals surface area contributed by atoms with E-state index < -0.39 is 10.0 Å². The second-order valence-electron chi connectivity index (χ2n) is 6.72. The summed E-state index contributed by atoms with van der Waals surface area (Å²) in [7, 11) is -3.59. The Bertz CT molecular complexity index is 1110. The molecule has 1 aliphatic heterocycles. The highest BCUT2D eigenvalue weighted by Crippen LogP contribution is 2.28. The van der Waals surface area contributed by atoms with Crippen molar-refractivity contribution >= 4 is 60.3 Å². The number of halogens is 1. The van der Waals surface area contributed by atoms with Crippen molar-refractivity contribution in [2.24, 2.45) is 0 Å². The predicted octanol–water partition coefficient (Wildman–Crippen LogP) is 4.75. The van der Waals surface area contributed by atoms with Gasteiger partial charge in [-0.25, -0.2) is 18.4 Å². The molecule has 1 aromatic carbocycles. The number of benzene rings is 1. The molecule has 0 atom stereocenters.